The fourth-order valence-electron chi connectivity index (χ4n) is 2.63. The molecule has 0 aliphatic rings. The molecule has 0 saturated carbocycles. The molecule has 106 valence electrons. The zero-order chi connectivity index (χ0) is 14.9. The van der Waals surface area contributed by atoms with Crippen molar-refractivity contribution >= 4 is 10.9 Å². The van der Waals surface area contributed by atoms with Gasteiger partial charge in [0, 0.05) is 17.1 Å². The molecule has 4 heteroatoms. The van der Waals surface area contributed by atoms with Crippen molar-refractivity contribution in [3.63, 3.8) is 0 Å². The Morgan fingerprint density at radius 2 is 1.77 bits per heavy atom. The molecule has 2 aromatic carbocycles. The number of rotatable bonds is 2. The van der Waals surface area contributed by atoms with Crippen molar-refractivity contribution in [2.75, 3.05) is 0 Å². The first-order valence-electron chi connectivity index (χ1n) is 7.16. The van der Waals surface area contributed by atoms with E-state index in [1.165, 1.54) is 0 Å². The molecule has 0 fully saturated rings. The van der Waals surface area contributed by atoms with Crippen LogP contribution in [-0.4, -0.2) is 20.0 Å². The standard InChI is InChI=1S/C18H14N4/c1-13-18(20-21-22(13)16-7-3-2-4-8-16)15-9-10-17-14(12-15)6-5-11-19-17/h2-12H,1H3. The molecule has 0 aliphatic heterocycles. The van der Waals surface area contributed by atoms with Crippen LogP contribution in [0.3, 0.4) is 0 Å². The van der Waals surface area contributed by atoms with E-state index in [0.717, 1.165) is 33.5 Å². The lowest BCUT2D eigenvalue weighted by atomic mass is 10.1. The van der Waals surface area contributed by atoms with Crippen LogP contribution >= 0.6 is 0 Å². The van der Waals surface area contributed by atoms with Crippen molar-refractivity contribution in [2.24, 2.45) is 0 Å². The lowest BCUT2D eigenvalue weighted by Crippen LogP contribution is -1.98. The van der Waals surface area contributed by atoms with E-state index in [0.29, 0.717) is 0 Å². The Balaban J connectivity index is 1.84. The van der Waals surface area contributed by atoms with E-state index < -0.39 is 0 Å². The van der Waals surface area contributed by atoms with Gasteiger partial charge in [0.1, 0.15) is 5.69 Å². The van der Waals surface area contributed by atoms with Crippen molar-refractivity contribution in [2.45, 2.75) is 6.92 Å². The summed E-state index contributed by atoms with van der Waals surface area (Å²) in [6.45, 7) is 2.04. The zero-order valence-corrected chi connectivity index (χ0v) is 12.1. The van der Waals surface area contributed by atoms with Crippen molar-refractivity contribution in [3.8, 4) is 16.9 Å². The first-order valence-corrected chi connectivity index (χ1v) is 7.16. The number of para-hydroxylation sites is 1. The highest BCUT2D eigenvalue weighted by atomic mass is 15.4. The molecule has 0 amide bonds. The number of benzene rings is 2. The molecule has 22 heavy (non-hydrogen) atoms. The van der Waals surface area contributed by atoms with Gasteiger partial charge in [-0.1, -0.05) is 35.5 Å². The summed E-state index contributed by atoms with van der Waals surface area (Å²) >= 11 is 0. The van der Waals surface area contributed by atoms with E-state index in [2.05, 4.69) is 27.4 Å². The van der Waals surface area contributed by atoms with Crippen LogP contribution in [0.2, 0.25) is 0 Å². The van der Waals surface area contributed by atoms with Crippen LogP contribution in [0.5, 0.6) is 0 Å². The Labute approximate surface area is 128 Å². The molecule has 2 heterocycles. The number of fused-ring (bicyclic) bond motifs is 1. The number of hydrogen-bond acceptors (Lipinski definition) is 3. The third-order valence-electron chi connectivity index (χ3n) is 3.77. The maximum absolute atomic E-state index is 4.36. The van der Waals surface area contributed by atoms with Gasteiger partial charge in [0.15, 0.2) is 0 Å². The van der Waals surface area contributed by atoms with Crippen molar-refractivity contribution in [3.05, 3.63) is 72.6 Å². The molecule has 2 aromatic heterocycles. The normalized spacial score (nSPS) is 11.0. The quantitative estimate of drug-likeness (QED) is 0.563. The van der Waals surface area contributed by atoms with E-state index in [4.69, 9.17) is 0 Å². The van der Waals surface area contributed by atoms with E-state index in [9.17, 15) is 0 Å². The molecule has 0 atom stereocenters. The Kier molecular flexibility index (Phi) is 2.93. The summed E-state index contributed by atoms with van der Waals surface area (Å²) in [5.74, 6) is 0. The average Bonchev–Trinajstić information content (AvgIpc) is 2.97. The van der Waals surface area contributed by atoms with Gasteiger partial charge in [0.25, 0.3) is 0 Å². The number of hydrogen-bond donors (Lipinski definition) is 0. The van der Waals surface area contributed by atoms with Gasteiger partial charge in [-0.25, -0.2) is 4.68 Å². The van der Waals surface area contributed by atoms with Crippen LogP contribution in [0.4, 0.5) is 0 Å². The van der Waals surface area contributed by atoms with Crippen LogP contribution in [0.1, 0.15) is 5.69 Å². The molecule has 0 saturated heterocycles. The minimum Gasteiger partial charge on any atom is -0.256 e. The highest BCUT2D eigenvalue weighted by molar-refractivity contribution is 5.83. The van der Waals surface area contributed by atoms with Crippen molar-refractivity contribution in [1.29, 1.82) is 0 Å². The Hall–Kier alpha value is -3.01. The van der Waals surface area contributed by atoms with E-state index >= 15 is 0 Å². The molecule has 4 aromatic rings. The summed E-state index contributed by atoms with van der Waals surface area (Å²) in [5.41, 5.74) is 4.98. The Morgan fingerprint density at radius 1 is 0.909 bits per heavy atom. The second kappa shape index (κ2) is 5.07. The van der Waals surface area contributed by atoms with Crippen LogP contribution in [0.15, 0.2) is 66.9 Å². The van der Waals surface area contributed by atoms with Crippen LogP contribution in [0.25, 0.3) is 27.8 Å². The third-order valence-corrected chi connectivity index (χ3v) is 3.77. The summed E-state index contributed by atoms with van der Waals surface area (Å²) < 4.78 is 1.86. The predicted octanol–water partition coefficient (Wildman–Crippen LogP) is 3.79. The molecular formula is C18H14N4. The summed E-state index contributed by atoms with van der Waals surface area (Å²) in [4.78, 5) is 4.35. The summed E-state index contributed by atoms with van der Waals surface area (Å²) in [7, 11) is 0. The van der Waals surface area contributed by atoms with Gasteiger partial charge in [0.05, 0.1) is 16.9 Å². The first kappa shape index (κ1) is 12.7. The largest absolute Gasteiger partial charge is 0.256 e. The molecule has 0 N–H and O–H groups in total. The first-order chi connectivity index (χ1) is 10.8. The molecule has 0 bridgehead atoms. The molecule has 0 aliphatic carbocycles. The Morgan fingerprint density at radius 3 is 2.64 bits per heavy atom. The summed E-state index contributed by atoms with van der Waals surface area (Å²) in [5, 5.41) is 9.76. The number of pyridine rings is 1. The van der Waals surface area contributed by atoms with Gasteiger partial charge < -0.3 is 0 Å². The molecule has 0 radical (unpaired) electrons. The summed E-state index contributed by atoms with van der Waals surface area (Å²) in [6.07, 6.45) is 1.80. The van der Waals surface area contributed by atoms with Crippen LogP contribution < -0.4 is 0 Å². The highest BCUT2D eigenvalue weighted by Crippen LogP contribution is 2.25. The van der Waals surface area contributed by atoms with Crippen molar-refractivity contribution < 1.29 is 0 Å². The van der Waals surface area contributed by atoms with E-state index in [1.54, 1.807) is 6.20 Å². The second-order valence-electron chi connectivity index (χ2n) is 5.18. The topological polar surface area (TPSA) is 43.6 Å². The highest BCUT2D eigenvalue weighted by Gasteiger charge is 2.12. The molecule has 0 spiro atoms. The van der Waals surface area contributed by atoms with E-state index in [-0.39, 0.29) is 0 Å². The average molecular weight is 286 g/mol. The van der Waals surface area contributed by atoms with Gasteiger partial charge in [-0.3, -0.25) is 4.98 Å². The van der Waals surface area contributed by atoms with Crippen molar-refractivity contribution in [1.82, 2.24) is 20.0 Å². The molecule has 4 rings (SSSR count). The fourth-order valence-corrected chi connectivity index (χ4v) is 2.63. The second-order valence-corrected chi connectivity index (χ2v) is 5.18. The van der Waals surface area contributed by atoms with Gasteiger partial charge >= 0.3 is 0 Å². The summed E-state index contributed by atoms with van der Waals surface area (Å²) in [6, 6.07) is 20.2. The fraction of sp³-hybridized carbons (Fsp3) is 0.0556. The van der Waals surface area contributed by atoms with Gasteiger partial charge in [-0.05, 0) is 37.3 Å². The van der Waals surface area contributed by atoms with Gasteiger partial charge in [0.2, 0.25) is 0 Å². The number of aromatic nitrogens is 4. The predicted molar refractivity (Wildman–Crippen MR) is 86.8 cm³/mol. The number of nitrogens with zero attached hydrogens (tertiary/aromatic N) is 4. The molecular weight excluding hydrogens is 272 g/mol. The molecule has 0 unspecified atom stereocenters. The van der Waals surface area contributed by atoms with Crippen LogP contribution in [0, 0.1) is 6.92 Å². The SMILES string of the molecule is Cc1c(-c2ccc3ncccc3c2)nnn1-c1ccccc1. The Bertz CT molecular complexity index is 942. The van der Waals surface area contributed by atoms with Gasteiger partial charge in [-0.2, -0.15) is 0 Å². The zero-order valence-electron chi connectivity index (χ0n) is 12.1. The smallest absolute Gasteiger partial charge is 0.116 e. The third kappa shape index (κ3) is 2.05. The van der Waals surface area contributed by atoms with Gasteiger partial charge in [-0.15, -0.1) is 5.10 Å². The van der Waals surface area contributed by atoms with Crippen LogP contribution in [-0.2, 0) is 0 Å². The maximum atomic E-state index is 4.36. The molecule has 4 nitrogen and oxygen atoms in total. The maximum Gasteiger partial charge on any atom is 0.116 e. The van der Waals surface area contributed by atoms with E-state index in [1.807, 2.05) is 60.1 Å². The monoisotopic (exact) mass is 286 g/mol. The lowest BCUT2D eigenvalue weighted by molar-refractivity contribution is 0.785. The minimum absolute atomic E-state index is 0.898. The lowest BCUT2D eigenvalue weighted by Gasteiger charge is -2.04. The minimum atomic E-state index is 0.898.